The van der Waals surface area contributed by atoms with Crippen LogP contribution in [0.2, 0.25) is 0 Å². The van der Waals surface area contributed by atoms with Crippen molar-refractivity contribution in [2.24, 2.45) is 0 Å². The molecule has 12 heteroatoms. The van der Waals surface area contributed by atoms with Crippen molar-refractivity contribution in [3.8, 4) is 0 Å². The molecule has 0 aliphatic carbocycles. The van der Waals surface area contributed by atoms with E-state index in [2.05, 4.69) is 14.9 Å². The van der Waals surface area contributed by atoms with Crippen molar-refractivity contribution < 1.29 is 26.4 Å². The number of carbonyl (C=O) groups is 2. The largest absolute Gasteiger partial charge is 0.345 e. The van der Waals surface area contributed by atoms with Gasteiger partial charge in [0.2, 0.25) is 15.9 Å². The van der Waals surface area contributed by atoms with Gasteiger partial charge in [0.25, 0.3) is 5.91 Å². The van der Waals surface area contributed by atoms with Crippen LogP contribution in [0.3, 0.4) is 0 Å². The number of sulfonamides is 1. The van der Waals surface area contributed by atoms with Crippen LogP contribution in [0.5, 0.6) is 0 Å². The molecule has 45 heavy (non-hydrogen) atoms. The molecule has 3 aromatic carbocycles. The fourth-order valence-corrected chi connectivity index (χ4v) is 7.05. The summed E-state index contributed by atoms with van der Waals surface area (Å²) in [7, 11) is -5.53. The lowest BCUT2D eigenvalue weighted by molar-refractivity contribution is -0.133. The monoisotopic (exact) mass is 654 g/mol. The highest BCUT2D eigenvalue weighted by atomic mass is 32.2. The van der Waals surface area contributed by atoms with Crippen LogP contribution in [0.4, 0.5) is 0 Å². The second kappa shape index (κ2) is 15.1. The second-order valence-corrected chi connectivity index (χ2v) is 15.2. The fraction of sp³-hybridized carbons (Fsp3) is 0.394. The number of amides is 2. The Bertz CT molecular complexity index is 1650. The van der Waals surface area contributed by atoms with Gasteiger partial charge in [-0.15, -0.1) is 0 Å². The lowest BCUT2D eigenvalue weighted by Crippen LogP contribution is -2.48. The number of likely N-dealkylation sites (tertiary alicyclic amines) is 1. The Morgan fingerprint density at radius 3 is 2.04 bits per heavy atom. The predicted molar refractivity (Wildman–Crippen MR) is 174 cm³/mol. The van der Waals surface area contributed by atoms with Crippen LogP contribution >= 0.6 is 0 Å². The highest BCUT2D eigenvalue weighted by molar-refractivity contribution is 7.90. The Hall–Kier alpha value is -3.58. The predicted octanol–water partition coefficient (Wildman–Crippen LogP) is 3.42. The molecule has 0 unspecified atom stereocenters. The zero-order valence-electron chi connectivity index (χ0n) is 26.0. The first-order chi connectivity index (χ1) is 21.4. The highest BCUT2D eigenvalue weighted by Gasteiger charge is 2.28. The van der Waals surface area contributed by atoms with Gasteiger partial charge in [-0.05, 0) is 80.8 Å². The summed E-state index contributed by atoms with van der Waals surface area (Å²) in [5.74, 6) is -0.245. The minimum Gasteiger partial charge on any atom is -0.345 e. The Morgan fingerprint density at radius 1 is 0.889 bits per heavy atom. The first-order valence-electron chi connectivity index (χ1n) is 15.1. The van der Waals surface area contributed by atoms with Gasteiger partial charge in [0.1, 0.15) is 0 Å². The van der Waals surface area contributed by atoms with Crippen molar-refractivity contribution in [1.29, 1.82) is 0 Å². The minimum atomic E-state index is -3.59. The van der Waals surface area contributed by atoms with Gasteiger partial charge in [-0.2, -0.15) is 0 Å². The molecule has 1 heterocycles. The third-order valence-electron chi connectivity index (χ3n) is 8.30. The average Bonchev–Trinajstić information content (AvgIpc) is 3.04. The zero-order chi connectivity index (χ0) is 32.6. The van der Waals surface area contributed by atoms with Gasteiger partial charge in [0, 0.05) is 44.0 Å². The van der Waals surface area contributed by atoms with Gasteiger partial charge < -0.3 is 15.1 Å². The number of nitrogens with zero attached hydrogens (tertiary/aromatic N) is 2. The Morgan fingerprint density at radius 2 is 1.49 bits per heavy atom. The molecule has 1 aliphatic rings. The Balaban J connectivity index is 1.33. The van der Waals surface area contributed by atoms with E-state index >= 15 is 0 Å². The average molecular weight is 655 g/mol. The normalized spacial score (nSPS) is 15.4. The summed E-state index contributed by atoms with van der Waals surface area (Å²) >= 11 is 0. The molecule has 242 valence electrons. The molecular weight excluding hydrogens is 613 g/mol. The summed E-state index contributed by atoms with van der Waals surface area (Å²) in [6.45, 7) is 5.01. The van der Waals surface area contributed by atoms with Crippen LogP contribution in [0, 0.1) is 0 Å². The van der Waals surface area contributed by atoms with Crippen molar-refractivity contribution in [1.82, 2.24) is 19.8 Å². The molecule has 0 radical (unpaired) electrons. The van der Waals surface area contributed by atoms with Crippen LogP contribution in [0.1, 0.15) is 53.7 Å². The minimum absolute atomic E-state index is 0.0338. The number of benzene rings is 3. The summed E-state index contributed by atoms with van der Waals surface area (Å²) in [4.78, 5) is 31.0. The summed E-state index contributed by atoms with van der Waals surface area (Å²) < 4.78 is 49.9. The molecule has 1 atom stereocenters. The molecule has 0 aromatic heterocycles. The van der Waals surface area contributed by atoms with Crippen molar-refractivity contribution in [2.45, 2.75) is 54.5 Å². The highest BCUT2D eigenvalue weighted by Crippen LogP contribution is 2.23. The van der Waals surface area contributed by atoms with Crippen molar-refractivity contribution in [2.75, 3.05) is 39.5 Å². The number of rotatable bonds is 13. The third kappa shape index (κ3) is 9.23. The summed E-state index contributed by atoms with van der Waals surface area (Å²) in [5, 5.41) is 3.13. The van der Waals surface area contributed by atoms with Crippen molar-refractivity contribution in [3.63, 3.8) is 0 Å². The number of likely N-dealkylation sites (N-methyl/N-ethyl adjacent to an activating group) is 1. The van der Waals surface area contributed by atoms with Gasteiger partial charge >= 0.3 is 0 Å². The van der Waals surface area contributed by atoms with Gasteiger partial charge in [-0.25, -0.2) is 21.6 Å². The molecule has 0 bridgehead atoms. The Labute approximate surface area is 266 Å². The van der Waals surface area contributed by atoms with E-state index < -0.39 is 19.9 Å². The fourth-order valence-electron chi connectivity index (χ4n) is 5.69. The van der Waals surface area contributed by atoms with Crippen LogP contribution in [-0.2, 0) is 31.1 Å². The number of carbonyl (C=O) groups excluding carboxylic acids is 2. The summed E-state index contributed by atoms with van der Waals surface area (Å²) in [6, 6.07) is 22.0. The topological polar surface area (TPSA) is 133 Å². The third-order valence-corrected chi connectivity index (χ3v) is 10.9. The van der Waals surface area contributed by atoms with Crippen LogP contribution in [-0.4, -0.2) is 84.0 Å². The number of hydrogen-bond acceptors (Lipinski definition) is 7. The SMILES string of the molecule is CCN(C(=O)Cc1ccc(S(C)(=O)=O)cc1)C1CCN(CC[C@H](NC(=O)c2ccc(S(=O)(=O)NC)cc2)c2ccccc2)CC1. The van der Waals surface area contributed by atoms with E-state index in [0.717, 1.165) is 43.6 Å². The first kappa shape index (κ1) is 34.3. The van der Waals surface area contributed by atoms with E-state index in [1.807, 2.05) is 42.2 Å². The molecule has 2 amide bonds. The lowest BCUT2D eigenvalue weighted by Gasteiger charge is -2.38. The zero-order valence-corrected chi connectivity index (χ0v) is 27.6. The standard InChI is InChI=1S/C33H42N4O6S2/c1-4-37(32(38)24-25-10-14-29(15-11-25)44(3,40)41)28-18-21-36(22-19-28)23-20-31(26-8-6-5-7-9-26)35-33(39)27-12-16-30(17-13-27)45(42,43)34-2/h5-17,28,31,34H,4,18-24H2,1-3H3,(H,35,39)/t31-/m0/s1. The molecular formula is C33H42N4O6S2. The maximum absolute atomic E-state index is 13.2. The molecule has 1 saturated heterocycles. The van der Waals surface area contributed by atoms with Crippen LogP contribution in [0.25, 0.3) is 0 Å². The van der Waals surface area contributed by atoms with Crippen LogP contribution < -0.4 is 10.0 Å². The van der Waals surface area contributed by atoms with E-state index in [1.165, 1.54) is 37.6 Å². The molecule has 0 saturated carbocycles. The lowest BCUT2D eigenvalue weighted by atomic mass is 9.99. The van der Waals surface area contributed by atoms with E-state index in [0.29, 0.717) is 18.5 Å². The number of hydrogen-bond donors (Lipinski definition) is 2. The van der Waals surface area contributed by atoms with Gasteiger partial charge in [0.05, 0.1) is 22.3 Å². The molecule has 10 nitrogen and oxygen atoms in total. The van der Waals surface area contributed by atoms with Crippen molar-refractivity contribution in [3.05, 3.63) is 95.6 Å². The molecule has 2 N–H and O–H groups in total. The van der Waals surface area contributed by atoms with E-state index in [-0.39, 0.29) is 40.1 Å². The van der Waals surface area contributed by atoms with E-state index in [9.17, 15) is 26.4 Å². The Kier molecular flexibility index (Phi) is 11.5. The smallest absolute Gasteiger partial charge is 0.251 e. The maximum atomic E-state index is 13.2. The van der Waals surface area contributed by atoms with Crippen LogP contribution in [0.15, 0.2) is 88.7 Å². The number of piperidine rings is 1. The summed E-state index contributed by atoms with van der Waals surface area (Å²) in [6.07, 6.45) is 3.77. The first-order valence-corrected chi connectivity index (χ1v) is 18.5. The molecule has 4 rings (SSSR count). The van der Waals surface area contributed by atoms with E-state index in [4.69, 9.17) is 0 Å². The van der Waals surface area contributed by atoms with Crippen molar-refractivity contribution >= 4 is 31.7 Å². The molecule has 1 fully saturated rings. The van der Waals surface area contributed by atoms with Gasteiger partial charge in [-0.3, -0.25) is 9.59 Å². The molecule has 3 aromatic rings. The molecule has 1 aliphatic heterocycles. The second-order valence-electron chi connectivity index (χ2n) is 11.3. The van der Waals surface area contributed by atoms with E-state index in [1.54, 1.807) is 24.3 Å². The number of nitrogens with one attached hydrogen (secondary N) is 2. The van der Waals surface area contributed by atoms with Gasteiger partial charge in [-0.1, -0.05) is 42.5 Å². The summed E-state index contributed by atoms with van der Waals surface area (Å²) in [5.41, 5.74) is 2.15. The quantitative estimate of drug-likeness (QED) is 0.289. The number of sulfone groups is 1. The molecule has 0 spiro atoms. The maximum Gasteiger partial charge on any atom is 0.251 e. The van der Waals surface area contributed by atoms with Gasteiger partial charge in [0.15, 0.2) is 9.84 Å².